The molecular formula is C18H20N2O2. The van der Waals surface area contributed by atoms with Gasteiger partial charge in [0.15, 0.2) is 0 Å². The number of hydrogen-bond donors (Lipinski definition) is 2. The van der Waals surface area contributed by atoms with Gasteiger partial charge in [0.05, 0.1) is 13.2 Å². The van der Waals surface area contributed by atoms with Gasteiger partial charge in [0, 0.05) is 25.3 Å². The van der Waals surface area contributed by atoms with E-state index in [1.807, 2.05) is 48.5 Å². The molecule has 0 amide bonds. The van der Waals surface area contributed by atoms with Gasteiger partial charge in [-0.2, -0.15) is 10.2 Å². The molecule has 0 fully saturated rings. The molecule has 2 aromatic carbocycles. The van der Waals surface area contributed by atoms with Crippen molar-refractivity contribution in [2.75, 3.05) is 0 Å². The molecule has 4 nitrogen and oxygen atoms in total. The van der Waals surface area contributed by atoms with E-state index in [-0.39, 0.29) is 13.2 Å². The molecule has 0 heterocycles. The smallest absolute Gasteiger partial charge is 0.0681 e. The van der Waals surface area contributed by atoms with Crippen LogP contribution in [0.2, 0.25) is 0 Å². The van der Waals surface area contributed by atoms with E-state index in [9.17, 15) is 0 Å². The number of hydrogen-bond acceptors (Lipinski definition) is 4. The number of nitrogens with zero attached hydrogens (tertiary/aromatic N) is 2. The minimum Gasteiger partial charge on any atom is -0.392 e. The molecule has 0 radical (unpaired) electrons. The molecule has 2 rings (SSSR count). The summed E-state index contributed by atoms with van der Waals surface area (Å²) >= 11 is 0. The van der Waals surface area contributed by atoms with Crippen molar-refractivity contribution < 1.29 is 10.2 Å². The zero-order chi connectivity index (χ0) is 15.6. The van der Waals surface area contributed by atoms with Crippen LogP contribution in [-0.4, -0.2) is 22.6 Å². The van der Waals surface area contributed by atoms with Crippen LogP contribution in [0.3, 0.4) is 0 Å². The Hall–Kier alpha value is -2.30. The zero-order valence-corrected chi connectivity index (χ0v) is 12.4. The van der Waals surface area contributed by atoms with Crippen LogP contribution in [0.5, 0.6) is 0 Å². The van der Waals surface area contributed by atoms with Crippen LogP contribution < -0.4 is 0 Å². The molecule has 0 atom stereocenters. The SMILES string of the molecule is OCc1ccc(C/C=N/N=C/Cc2ccc(CO)cc2)cc1. The zero-order valence-electron chi connectivity index (χ0n) is 12.4. The largest absolute Gasteiger partial charge is 0.392 e. The van der Waals surface area contributed by atoms with Gasteiger partial charge in [-0.05, 0) is 22.3 Å². The molecule has 0 unspecified atom stereocenters. The first-order valence-electron chi connectivity index (χ1n) is 7.22. The molecule has 0 spiro atoms. The van der Waals surface area contributed by atoms with E-state index in [2.05, 4.69) is 10.2 Å². The monoisotopic (exact) mass is 296 g/mol. The van der Waals surface area contributed by atoms with Crippen LogP contribution in [0.25, 0.3) is 0 Å². The minimum atomic E-state index is 0.0674. The van der Waals surface area contributed by atoms with Crippen molar-refractivity contribution in [1.29, 1.82) is 0 Å². The number of aliphatic hydroxyl groups is 2. The van der Waals surface area contributed by atoms with Crippen LogP contribution in [0.15, 0.2) is 58.7 Å². The number of benzene rings is 2. The molecule has 0 saturated heterocycles. The summed E-state index contributed by atoms with van der Waals surface area (Å²) in [6.07, 6.45) is 4.96. The standard InChI is InChI=1S/C18H20N2O2/c21-13-17-5-1-15(2-6-17)9-11-19-20-12-10-16-3-7-18(14-22)8-4-16/h1-8,11-12,21-22H,9-10,13-14H2/b19-11+,20-12+. The van der Waals surface area contributed by atoms with E-state index in [0.29, 0.717) is 12.8 Å². The summed E-state index contributed by atoms with van der Waals surface area (Å²) < 4.78 is 0. The first-order valence-corrected chi connectivity index (χ1v) is 7.22. The number of aliphatic hydroxyl groups excluding tert-OH is 2. The van der Waals surface area contributed by atoms with E-state index >= 15 is 0 Å². The van der Waals surface area contributed by atoms with Crippen LogP contribution in [0, 0.1) is 0 Å². The summed E-state index contributed by atoms with van der Waals surface area (Å²) in [4.78, 5) is 0. The maximum absolute atomic E-state index is 8.97. The average molecular weight is 296 g/mol. The molecule has 0 bridgehead atoms. The van der Waals surface area contributed by atoms with Gasteiger partial charge < -0.3 is 10.2 Å². The molecule has 0 aliphatic carbocycles. The molecular weight excluding hydrogens is 276 g/mol. The normalized spacial score (nSPS) is 11.5. The summed E-state index contributed by atoms with van der Waals surface area (Å²) in [7, 11) is 0. The lowest BCUT2D eigenvalue weighted by Gasteiger charge is -1.98. The Morgan fingerprint density at radius 3 is 1.23 bits per heavy atom. The summed E-state index contributed by atoms with van der Waals surface area (Å²) in [5.41, 5.74) is 4.09. The Labute approximate surface area is 130 Å². The van der Waals surface area contributed by atoms with E-state index in [0.717, 1.165) is 22.3 Å². The van der Waals surface area contributed by atoms with Crippen molar-refractivity contribution in [2.24, 2.45) is 10.2 Å². The summed E-state index contributed by atoms with van der Waals surface area (Å²) in [6.45, 7) is 0.135. The third-order valence-corrected chi connectivity index (χ3v) is 3.30. The molecule has 0 saturated carbocycles. The average Bonchev–Trinajstić information content (AvgIpc) is 2.59. The van der Waals surface area contributed by atoms with Gasteiger partial charge in [0.25, 0.3) is 0 Å². The minimum absolute atomic E-state index is 0.0674. The molecule has 22 heavy (non-hydrogen) atoms. The third-order valence-electron chi connectivity index (χ3n) is 3.30. The molecule has 0 aliphatic heterocycles. The van der Waals surface area contributed by atoms with E-state index in [1.54, 1.807) is 12.4 Å². The highest BCUT2D eigenvalue weighted by Crippen LogP contribution is 2.05. The number of rotatable bonds is 7. The van der Waals surface area contributed by atoms with Crippen molar-refractivity contribution in [2.45, 2.75) is 26.1 Å². The lowest BCUT2D eigenvalue weighted by atomic mass is 10.1. The lowest BCUT2D eigenvalue weighted by molar-refractivity contribution is 0.281. The molecule has 114 valence electrons. The Kier molecular flexibility index (Phi) is 6.48. The fraction of sp³-hybridized carbons (Fsp3) is 0.222. The van der Waals surface area contributed by atoms with E-state index in [1.165, 1.54) is 0 Å². The Bertz CT molecular complexity index is 559. The summed E-state index contributed by atoms with van der Waals surface area (Å²) in [5.74, 6) is 0. The maximum Gasteiger partial charge on any atom is 0.0681 e. The van der Waals surface area contributed by atoms with Crippen molar-refractivity contribution in [1.82, 2.24) is 0 Å². The second-order valence-electron chi connectivity index (χ2n) is 4.95. The van der Waals surface area contributed by atoms with E-state index in [4.69, 9.17) is 10.2 Å². The third kappa shape index (κ3) is 5.24. The van der Waals surface area contributed by atoms with Crippen LogP contribution >= 0.6 is 0 Å². The van der Waals surface area contributed by atoms with Crippen molar-refractivity contribution in [3.63, 3.8) is 0 Å². The fourth-order valence-corrected chi connectivity index (χ4v) is 1.95. The quantitative estimate of drug-likeness (QED) is 0.609. The van der Waals surface area contributed by atoms with Gasteiger partial charge in [-0.1, -0.05) is 48.5 Å². The second-order valence-corrected chi connectivity index (χ2v) is 4.95. The highest BCUT2D eigenvalue weighted by Gasteiger charge is 1.93. The van der Waals surface area contributed by atoms with Gasteiger partial charge in [-0.3, -0.25) is 0 Å². The topological polar surface area (TPSA) is 65.2 Å². The van der Waals surface area contributed by atoms with Crippen LogP contribution in [0.4, 0.5) is 0 Å². The first-order chi connectivity index (χ1) is 10.8. The summed E-state index contributed by atoms with van der Waals surface area (Å²) in [6, 6.07) is 15.5. The fourth-order valence-electron chi connectivity index (χ4n) is 1.95. The summed E-state index contributed by atoms with van der Waals surface area (Å²) in [5, 5.41) is 26.0. The Morgan fingerprint density at radius 1 is 0.591 bits per heavy atom. The van der Waals surface area contributed by atoms with Gasteiger partial charge in [-0.15, -0.1) is 0 Å². The predicted octanol–water partition coefficient (Wildman–Crippen LogP) is 2.51. The predicted molar refractivity (Wildman–Crippen MR) is 89.1 cm³/mol. The highest BCUT2D eigenvalue weighted by atomic mass is 16.3. The molecule has 0 aliphatic rings. The van der Waals surface area contributed by atoms with Gasteiger partial charge >= 0.3 is 0 Å². The van der Waals surface area contributed by atoms with Crippen molar-refractivity contribution in [3.8, 4) is 0 Å². The van der Waals surface area contributed by atoms with Crippen LogP contribution in [0.1, 0.15) is 22.3 Å². The van der Waals surface area contributed by atoms with Gasteiger partial charge in [0.1, 0.15) is 0 Å². The maximum atomic E-state index is 8.97. The van der Waals surface area contributed by atoms with Gasteiger partial charge in [0.2, 0.25) is 0 Å². The molecule has 2 N–H and O–H groups in total. The van der Waals surface area contributed by atoms with Crippen molar-refractivity contribution in [3.05, 3.63) is 70.8 Å². The van der Waals surface area contributed by atoms with Crippen molar-refractivity contribution >= 4 is 12.4 Å². The Balaban J connectivity index is 1.76. The first kappa shape index (κ1) is 16.1. The molecule has 2 aromatic rings. The Morgan fingerprint density at radius 2 is 0.909 bits per heavy atom. The second kappa shape index (κ2) is 8.87. The molecule has 0 aromatic heterocycles. The van der Waals surface area contributed by atoms with Crippen LogP contribution in [-0.2, 0) is 26.1 Å². The highest BCUT2D eigenvalue weighted by molar-refractivity contribution is 5.65. The van der Waals surface area contributed by atoms with E-state index < -0.39 is 0 Å². The van der Waals surface area contributed by atoms with Gasteiger partial charge in [-0.25, -0.2) is 0 Å². The lowest BCUT2D eigenvalue weighted by Crippen LogP contribution is -1.89. The molecule has 4 heteroatoms.